The quantitative estimate of drug-likeness (QED) is 0.835. The van der Waals surface area contributed by atoms with Gasteiger partial charge in [0.2, 0.25) is 15.9 Å². The monoisotopic (exact) mass is 353 g/mol. The van der Waals surface area contributed by atoms with Gasteiger partial charge in [0.1, 0.15) is 10.9 Å². The normalized spacial score (nSPS) is 19.5. The Morgan fingerprint density at radius 2 is 2.00 bits per heavy atom. The summed E-state index contributed by atoms with van der Waals surface area (Å²) in [7, 11) is -1.92. The van der Waals surface area contributed by atoms with Crippen molar-refractivity contribution < 1.29 is 12.9 Å². The highest BCUT2D eigenvalue weighted by Gasteiger charge is 2.41. The van der Waals surface area contributed by atoms with Gasteiger partial charge in [0.25, 0.3) is 0 Å². The molecule has 132 valence electrons. The fourth-order valence-electron chi connectivity index (χ4n) is 3.14. The second kappa shape index (κ2) is 5.96. The predicted octanol–water partition coefficient (Wildman–Crippen LogP) is 2.07. The van der Waals surface area contributed by atoms with Crippen LogP contribution in [0.15, 0.2) is 9.42 Å². The van der Waals surface area contributed by atoms with Crippen LogP contribution in [-0.2, 0) is 17.1 Å². The van der Waals surface area contributed by atoms with E-state index in [1.807, 2.05) is 13.8 Å². The van der Waals surface area contributed by atoms with Crippen molar-refractivity contribution in [2.45, 2.75) is 57.4 Å². The number of nitrogens with zero attached hydrogens (tertiary/aromatic N) is 5. The minimum absolute atomic E-state index is 0.136. The van der Waals surface area contributed by atoms with Crippen LogP contribution in [0.25, 0.3) is 0 Å². The zero-order valence-corrected chi connectivity index (χ0v) is 15.5. The molecule has 24 heavy (non-hydrogen) atoms. The average molecular weight is 353 g/mol. The molecule has 0 spiro atoms. The van der Waals surface area contributed by atoms with E-state index in [2.05, 4.69) is 15.2 Å². The van der Waals surface area contributed by atoms with E-state index in [0.717, 1.165) is 6.42 Å². The van der Waals surface area contributed by atoms with Crippen molar-refractivity contribution >= 4 is 10.0 Å². The summed E-state index contributed by atoms with van der Waals surface area (Å²) in [6.45, 7) is 7.87. The molecule has 1 atom stereocenters. The van der Waals surface area contributed by atoms with Crippen LogP contribution in [0.5, 0.6) is 0 Å². The molecule has 1 fully saturated rings. The molecule has 0 unspecified atom stereocenters. The molecule has 9 heteroatoms. The van der Waals surface area contributed by atoms with Crippen LogP contribution >= 0.6 is 0 Å². The van der Waals surface area contributed by atoms with Crippen molar-refractivity contribution in [3.05, 3.63) is 23.1 Å². The average Bonchev–Trinajstić information content (AvgIpc) is 3.19. The summed E-state index contributed by atoms with van der Waals surface area (Å²) in [5.74, 6) is 1.11. The van der Waals surface area contributed by atoms with Gasteiger partial charge < -0.3 is 4.52 Å². The molecule has 0 aliphatic carbocycles. The van der Waals surface area contributed by atoms with E-state index in [-0.39, 0.29) is 10.8 Å². The molecule has 2 aromatic rings. The first kappa shape index (κ1) is 17.1. The van der Waals surface area contributed by atoms with Crippen molar-refractivity contribution in [2.75, 3.05) is 6.54 Å². The maximum Gasteiger partial charge on any atom is 0.247 e. The standard InChI is InChI=1S/C15H23N5O3S/c1-9(2)14-16-15(23-18-14)12-7-6-8-20(12)24(21,22)13-10(3)17-19(5)11(13)4/h9,12H,6-8H2,1-5H3/t12-/m0/s1. The topological polar surface area (TPSA) is 94.1 Å². The van der Waals surface area contributed by atoms with Crippen molar-refractivity contribution in [1.29, 1.82) is 0 Å². The molecular formula is C15H23N5O3S. The molecule has 0 N–H and O–H groups in total. The molecule has 0 bridgehead atoms. The Labute approximate surface area is 141 Å². The summed E-state index contributed by atoms with van der Waals surface area (Å²) in [5, 5.41) is 8.20. The number of sulfonamides is 1. The molecule has 0 aromatic carbocycles. The zero-order chi connectivity index (χ0) is 17.6. The van der Waals surface area contributed by atoms with Crippen LogP contribution in [0.1, 0.15) is 61.8 Å². The van der Waals surface area contributed by atoms with Crippen molar-refractivity contribution in [3.63, 3.8) is 0 Å². The van der Waals surface area contributed by atoms with Crippen LogP contribution in [0.3, 0.4) is 0 Å². The molecule has 1 aliphatic rings. The van der Waals surface area contributed by atoms with Crippen LogP contribution < -0.4 is 0 Å². The Balaban J connectivity index is 2.00. The third-order valence-electron chi connectivity index (χ3n) is 4.47. The Kier molecular flexibility index (Phi) is 4.25. The Bertz CT molecular complexity index is 853. The van der Waals surface area contributed by atoms with Gasteiger partial charge in [0.05, 0.1) is 11.4 Å². The number of hydrogen-bond donors (Lipinski definition) is 0. The first-order chi connectivity index (χ1) is 11.2. The maximum absolute atomic E-state index is 13.2. The molecule has 2 aromatic heterocycles. The van der Waals surface area contributed by atoms with Gasteiger partial charge in [-0.15, -0.1) is 0 Å². The van der Waals surface area contributed by atoms with Gasteiger partial charge in [-0.05, 0) is 26.7 Å². The van der Waals surface area contributed by atoms with Crippen LogP contribution in [-0.4, -0.2) is 39.2 Å². The van der Waals surface area contributed by atoms with E-state index in [1.165, 1.54) is 4.31 Å². The minimum Gasteiger partial charge on any atom is -0.338 e. The summed E-state index contributed by atoms with van der Waals surface area (Å²) in [5.41, 5.74) is 1.14. The summed E-state index contributed by atoms with van der Waals surface area (Å²) in [6, 6.07) is -0.408. The Hall–Kier alpha value is -1.74. The van der Waals surface area contributed by atoms with Gasteiger partial charge >= 0.3 is 0 Å². The molecule has 0 radical (unpaired) electrons. The summed E-state index contributed by atoms with van der Waals surface area (Å²) in [6.07, 6.45) is 1.44. The number of aryl methyl sites for hydroxylation is 2. The predicted molar refractivity (Wildman–Crippen MR) is 86.9 cm³/mol. The Morgan fingerprint density at radius 3 is 2.54 bits per heavy atom. The summed E-state index contributed by atoms with van der Waals surface area (Å²) < 4.78 is 34.8. The van der Waals surface area contributed by atoms with Crippen molar-refractivity contribution in [3.8, 4) is 0 Å². The first-order valence-electron chi connectivity index (χ1n) is 8.09. The highest BCUT2D eigenvalue weighted by molar-refractivity contribution is 7.89. The Morgan fingerprint density at radius 1 is 1.29 bits per heavy atom. The van der Waals surface area contributed by atoms with E-state index in [0.29, 0.717) is 36.1 Å². The van der Waals surface area contributed by atoms with Crippen molar-refractivity contribution in [2.24, 2.45) is 7.05 Å². The van der Waals surface area contributed by atoms with Gasteiger partial charge in [-0.25, -0.2) is 8.42 Å². The van der Waals surface area contributed by atoms with Gasteiger partial charge in [-0.3, -0.25) is 4.68 Å². The molecule has 3 heterocycles. The molecule has 1 saturated heterocycles. The summed E-state index contributed by atoms with van der Waals surface area (Å²) >= 11 is 0. The molecular weight excluding hydrogens is 330 g/mol. The number of aromatic nitrogens is 4. The highest BCUT2D eigenvalue weighted by Crippen LogP contribution is 2.37. The van der Waals surface area contributed by atoms with Gasteiger partial charge in [-0.1, -0.05) is 19.0 Å². The smallest absolute Gasteiger partial charge is 0.247 e. The molecule has 8 nitrogen and oxygen atoms in total. The fraction of sp³-hybridized carbons (Fsp3) is 0.667. The minimum atomic E-state index is -3.67. The molecule has 0 amide bonds. The zero-order valence-electron chi connectivity index (χ0n) is 14.6. The van der Waals surface area contributed by atoms with Gasteiger partial charge in [0, 0.05) is 19.5 Å². The van der Waals surface area contributed by atoms with Gasteiger partial charge in [-0.2, -0.15) is 14.4 Å². The van der Waals surface area contributed by atoms with Crippen molar-refractivity contribution in [1.82, 2.24) is 24.2 Å². The molecule has 0 saturated carbocycles. The largest absolute Gasteiger partial charge is 0.338 e. The summed E-state index contributed by atoms with van der Waals surface area (Å²) in [4.78, 5) is 4.67. The van der Waals surface area contributed by atoms with E-state index in [9.17, 15) is 8.42 Å². The SMILES string of the molecule is Cc1nn(C)c(C)c1S(=O)(=O)N1CCC[C@H]1c1nc(C(C)C)no1. The third-order valence-corrected chi connectivity index (χ3v) is 6.63. The lowest BCUT2D eigenvalue weighted by Crippen LogP contribution is -2.31. The second-order valence-corrected chi connectivity index (χ2v) is 8.37. The maximum atomic E-state index is 13.2. The highest BCUT2D eigenvalue weighted by atomic mass is 32.2. The van der Waals surface area contributed by atoms with E-state index < -0.39 is 16.1 Å². The van der Waals surface area contributed by atoms with Crippen LogP contribution in [0, 0.1) is 13.8 Å². The number of hydrogen-bond acceptors (Lipinski definition) is 6. The fourth-order valence-corrected chi connectivity index (χ4v) is 5.19. The number of rotatable bonds is 4. The van der Waals surface area contributed by atoms with Crippen LogP contribution in [0.2, 0.25) is 0 Å². The second-order valence-electron chi connectivity index (χ2n) is 6.54. The van der Waals surface area contributed by atoms with E-state index >= 15 is 0 Å². The van der Waals surface area contributed by atoms with Gasteiger partial charge in [0.15, 0.2) is 5.82 Å². The lowest BCUT2D eigenvalue weighted by atomic mass is 10.2. The molecule has 1 aliphatic heterocycles. The lowest BCUT2D eigenvalue weighted by Gasteiger charge is -2.21. The third kappa shape index (κ3) is 2.65. The van der Waals surface area contributed by atoms with E-state index in [4.69, 9.17) is 4.52 Å². The first-order valence-corrected chi connectivity index (χ1v) is 9.53. The van der Waals surface area contributed by atoms with Crippen LogP contribution in [0.4, 0.5) is 0 Å². The lowest BCUT2D eigenvalue weighted by molar-refractivity contribution is 0.288. The van der Waals surface area contributed by atoms with E-state index in [1.54, 1.807) is 25.6 Å². The molecule has 3 rings (SSSR count).